The number of hydrogen-bond donors (Lipinski definition) is 0. The van der Waals surface area contributed by atoms with E-state index in [1.54, 1.807) is 23.1 Å². The molecule has 2 aromatic rings. The molecule has 0 bridgehead atoms. The van der Waals surface area contributed by atoms with Crippen molar-refractivity contribution in [2.45, 2.75) is 26.1 Å². The van der Waals surface area contributed by atoms with Crippen LogP contribution in [0.3, 0.4) is 0 Å². The smallest absolute Gasteiger partial charge is 0.263 e. The van der Waals surface area contributed by atoms with Gasteiger partial charge in [-0.25, -0.2) is 4.39 Å². The van der Waals surface area contributed by atoms with Crippen LogP contribution in [0.2, 0.25) is 0 Å². The Morgan fingerprint density at radius 1 is 1.53 bits per heavy atom. The SMILES string of the molecule is CC(C)(F)c1nc(Cn2cccn2)no1. The van der Waals surface area contributed by atoms with Crippen molar-refractivity contribution in [3.8, 4) is 0 Å². The van der Waals surface area contributed by atoms with Gasteiger partial charge >= 0.3 is 0 Å². The van der Waals surface area contributed by atoms with Crippen molar-refractivity contribution in [3.63, 3.8) is 0 Å². The second-order valence-corrected chi connectivity index (χ2v) is 3.69. The first-order chi connectivity index (χ1) is 7.05. The van der Waals surface area contributed by atoms with Crippen molar-refractivity contribution < 1.29 is 8.91 Å². The van der Waals surface area contributed by atoms with Crippen LogP contribution in [0.5, 0.6) is 0 Å². The molecule has 0 fully saturated rings. The van der Waals surface area contributed by atoms with Gasteiger partial charge in [0.1, 0.15) is 6.54 Å². The van der Waals surface area contributed by atoms with E-state index in [1.165, 1.54) is 13.8 Å². The van der Waals surface area contributed by atoms with E-state index in [0.29, 0.717) is 12.4 Å². The summed E-state index contributed by atoms with van der Waals surface area (Å²) in [4.78, 5) is 3.94. The van der Waals surface area contributed by atoms with Gasteiger partial charge in [0.15, 0.2) is 11.5 Å². The van der Waals surface area contributed by atoms with Crippen LogP contribution in [0.4, 0.5) is 4.39 Å². The van der Waals surface area contributed by atoms with Crippen molar-refractivity contribution in [3.05, 3.63) is 30.2 Å². The molecule has 0 unspecified atom stereocenters. The van der Waals surface area contributed by atoms with E-state index in [0.717, 1.165) is 0 Å². The number of alkyl halides is 1. The molecule has 15 heavy (non-hydrogen) atoms. The molecule has 2 aromatic heterocycles. The maximum atomic E-state index is 13.4. The molecule has 0 aliphatic carbocycles. The maximum Gasteiger partial charge on any atom is 0.263 e. The summed E-state index contributed by atoms with van der Waals surface area (Å²) in [5.41, 5.74) is -1.60. The molecule has 0 radical (unpaired) electrons. The molecule has 0 saturated heterocycles. The Morgan fingerprint density at radius 3 is 2.87 bits per heavy atom. The molecule has 5 nitrogen and oxygen atoms in total. The Hall–Kier alpha value is -1.72. The molecule has 2 rings (SSSR count). The summed E-state index contributed by atoms with van der Waals surface area (Å²) in [6.07, 6.45) is 3.43. The van der Waals surface area contributed by atoms with E-state index in [1.807, 2.05) is 0 Å². The van der Waals surface area contributed by atoms with Gasteiger partial charge in [-0.1, -0.05) is 5.16 Å². The summed E-state index contributed by atoms with van der Waals surface area (Å²) in [7, 11) is 0. The lowest BCUT2D eigenvalue weighted by atomic mass is 10.2. The highest BCUT2D eigenvalue weighted by Gasteiger charge is 2.26. The van der Waals surface area contributed by atoms with E-state index in [4.69, 9.17) is 4.52 Å². The molecule has 0 aliphatic heterocycles. The molecule has 0 amide bonds. The first kappa shape index (κ1) is 9.82. The van der Waals surface area contributed by atoms with Crippen molar-refractivity contribution in [1.29, 1.82) is 0 Å². The van der Waals surface area contributed by atoms with Crippen molar-refractivity contribution in [2.24, 2.45) is 0 Å². The average Bonchev–Trinajstić information content (AvgIpc) is 2.73. The zero-order valence-electron chi connectivity index (χ0n) is 8.51. The third kappa shape index (κ3) is 2.20. The normalized spacial score (nSPS) is 11.9. The Morgan fingerprint density at radius 2 is 2.33 bits per heavy atom. The maximum absolute atomic E-state index is 13.4. The number of rotatable bonds is 3. The molecule has 0 spiro atoms. The Balaban J connectivity index is 2.15. The van der Waals surface area contributed by atoms with Crippen molar-refractivity contribution >= 4 is 0 Å². The number of nitrogens with zero attached hydrogens (tertiary/aromatic N) is 4. The highest BCUT2D eigenvalue weighted by atomic mass is 19.1. The van der Waals surface area contributed by atoms with E-state index in [-0.39, 0.29) is 5.89 Å². The summed E-state index contributed by atoms with van der Waals surface area (Å²) in [6.45, 7) is 3.13. The van der Waals surface area contributed by atoms with Crippen LogP contribution in [0, 0.1) is 0 Å². The lowest BCUT2D eigenvalue weighted by Crippen LogP contribution is -2.10. The Kier molecular flexibility index (Phi) is 2.26. The third-order valence-corrected chi connectivity index (χ3v) is 1.84. The second-order valence-electron chi connectivity index (χ2n) is 3.69. The van der Waals surface area contributed by atoms with Gasteiger partial charge in [-0.3, -0.25) is 4.68 Å². The minimum absolute atomic E-state index is 0.00958. The van der Waals surface area contributed by atoms with Gasteiger partial charge in [-0.05, 0) is 19.9 Å². The van der Waals surface area contributed by atoms with Crippen LogP contribution in [-0.2, 0) is 12.2 Å². The highest BCUT2D eigenvalue weighted by Crippen LogP contribution is 2.22. The molecular formula is C9H11FN4O. The number of aromatic nitrogens is 4. The lowest BCUT2D eigenvalue weighted by molar-refractivity contribution is 0.155. The Bertz CT molecular complexity index is 429. The molecule has 0 saturated carbocycles. The highest BCUT2D eigenvalue weighted by molar-refractivity contribution is 4.95. The molecule has 6 heteroatoms. The molecule has 0 aliphatic rings. The quantitative estimate of drug-likeness (QED) is 0.770. The second kappa shape index (κ2) is 3.45. The van der Waals surface area contributed by atoms with Crippen molar-refractivity contribution in [2.75, 3.05) is 0 Å². The summed E-state index contributed by atoms with van der Waals surface area (Å²) < 4.78 is 19.8. The predicted molar refractivity (Wildman–Crippen MR) is 49.8 cm³/mol. The van der Waals surface area contributed by atoms with E-state index < -0.39 is 5.67 Å². The first-order valence-electron chi connectivity index (χ1n) is 4.55. The summed E-state index contributed by atoms with van der Waals surface area (Å²) >= 11 is 0. The topological polar surface area (TPSA) is 56.7 Å². The third-order valence-electron chi connectivity index (χ3n) is 1.84. The molecule has 0 N–H and O–H groups in total. The van der Waals surface area contributed by atoms with Gasteiger partial charge in [0.2, 0.25) is 0 Å². The monoisotopic (exact) mass is 210 g/mol. The fourth-order valence-corrected chi connectivity index (χ4v) is 1.10. The van der Waals surface area contributed by atoms with Gasteiger partial charge in [-0.2, -0.15) is 10.1 Å². The van der Waals surface area contributed by atoms with Gasteiger partial charge in [0.25, 0.3) is 5.89 Å². The minimum atomic E-state index is -1.60. The summed E-state index contributed by atoms with van der Waals surface area (Å²) in [5, 5.41) is 7.65. The summed E-state index contributed by atoms with van der Waals surface area (Å²) in [6, 6.07) is 1.79. The fraction of sp³-hybridized carbons (Fsp3) is 0.444. The van der Waals surface area contributed by atoms with E-state index >= 15 is 0 Å². The van der Waals surface area contributed by atoms with Crippen LogP contribution in [0.1, 0.15) is 25.6 Å². The summed E-state index contributed by atoms with van der Waals surface area (Å²) in [5.74, 6) is 0.407. The van der Waals surface area contributed by atoms with E-state index in [9.17, 15) is 4.39 Å². The molecule has 0 aromatic carbocycles. The zero-order chi connectivity index (χ0) is 10.9. The lowest BCUT2D eigenvalue weighted by Gasteiger charge is -2.05. The van der Waals surface area contributed by atoms with Gasteiger partial charge < -0.3 is 4.52 Å². The molecule has 0 atom stereocenters. The predicted octanol–water partition coefficient (Wildman–Crippen LogP) is 1.52. The average molecular weight is 210 g/mol. The van der Waals surface area contributed by atoms with Crippen LogP contribution in [0.25, 0.3) is 0 Å². The largest absolute Gasteiger partial charge is 0.336 e. The molecular weight excluding hydrogens is 199 g/mol. The fourth-order valence-electron chi connectivity index (χ4n) is 1.10. The zero-order valence-corrected chi connectivity index (χ0v) is 8.51. The van der Waals surface area contributed by atoms with Crippen LogP contribution < -0.4 is 0 Å². The van der Waals surface area contributed by atoms with Crippen LogP contribution in [-0.4, -0.2) is 19.9 Å². The molecule has 80 valence electrons. The standard InChI is InChI=1S/C9H11FN4O/c1-9(2,10)8-12-7(13-15-8)6-14-5-3-4-11-14/h3-5H,6H2,1-2H3. The van der Waals surface area contributed by atoms with Crippen molar-refractivity contribution in [1.82, 2.24) is 19.9 Å². The Labute approximate surface area is 85.9 Å². The van der Waals surface area contributed by atoms with Gasteiger partial charge in [0, 0.05) is 12.4 Å². The van der Waals surface area contributed by atoms with E-state index in [2.05, 4.69) is 15.2 Å². The first-order valence-corrected chi connectivity index (χ1v) is 4.55. The van der Waals surface area contributed by atoms with Crippen LogP contribution >= 0.6 is 0 Å². The van der Waals surface area contributed by atoms with Gasteiger partial charge in [-0.15, -0.1) is 0 Å². The number of halogens is 1. The minimum Gasteiger partial charge on any atom is -0.336 e. The molecule has 2 heterocycles. The number of hydrogen-bond acceptors (Lipinski definition) is 4. The van der Waals surface area contributed by atoms with Crippen LogP contribution in [0.15, 0.2) is 23.0 Å². The van der Waals surface area contributed by atoms with Gasteiger partial charge in [0.05, 0.1) is 0 Å².